The predicted octanol–water partition coefficient (Wildman–Crippen LogP) is 2.67. The molecule has 0 saturated carbocycles. The third-order valence-corrected chi connectivity index (χ3v) is 3.58. The van der Waals surface area contributed by atoms with Gasteiger partial charge in [-0.1, -0.05) is 40.7 Å². The van der Waals surface area contributed by atoms with Crippen LogP contribution < -0.4 is 0 Å². The van der Waals surface area contributed by atoms with Gasteiger partial charge in [-0.05, 0) is 18.6 Å². The number of rotatable bonds is 6. The van der Waals surface area contributed by atoms with Crippen LogP contribution in [0.5, 0.6) is 0 Å². The van der Waals surface area contributed by atoms with Crippen molar-refractivity contribution in [2.45, 2.75) is 13.0 Å². The van der Waals surface area contributed by atoms with Crippen LogP contribution in [0.25, 0.3) is 6.08 Å². The van der Waals surface area contributed by atoms with Gasteiger partial charge in [0.2, 0.25) is 0 Å². The molecule has 0 aliphatic rings. The second kappa shape index (κ2) is 7.01. The van der Waals surface area contributed by atoms with Gasteiger partial charge in [-0.15, -0.1) is 0 Å². The van der Waals surface area contributed by atoms with E-state index in [9.17, 15) is 13.2 Å². The molecule has 1 atom stereocenters. The summed E-state index contributed by atoms with van der Waals surface area (Å²) in [6.45, 7) is 5.40. The van der Waals surface area contributed by atoms with Gasteiger partial charge in [-0.2, -0.15) is 8.42 Å². The number of hydrogen-bond acceptors (Lipinski definition) is 5. The number of esters is 1. The summed E-state index contributed by atoms with van der Waals surface area (Å²) in [5.41, 5.74) is 0.951. The smallest absolute Gasteiger partial charge is 0.341 e. The summed E-state index contributed by atoms with van der Waals surface area (Å²) in [5, 5.41) is 0. The molecule has 0 bridgehead atoms. The highest BCUT2D eigenvalue weighted by Gasteiger charge is 2.29. The zero-order valence-electron chi connectivity index (χ0n) is 11.1. The first-order chi connectivity index (χ1) is 9.30. The van der Waals surface area contributed by atoms with Gasteiger partial charge in [0, 0.05) is 10.0 Å². The Hall–Kier alpha value is -1.18. The second-order valence-corrected chi connectivity index (χ2v) is 6.33. The maximum absolute atomic E-state index is 11.9. The molecule has 0 N–H and O–H groups in total. The number of ether oxygens (including phenoxy) is 1. The molecule has 0 radical (unpaired) electrons. The standard InChI is InChI=1S/C13H15BrO5S/c1-4-9-10(7-6-8-11(9)14)12(13(15)18-5-2)19-20(3,16)17/h4,6-8,12H,1,5H2,2-3H3. The minimum Gasteiger partial charge on any atom is -0.464 e. The van der Waals surface area contributed by atoms with Crippen molar-refractivity contribution in [2.24, 2.45) is 0 Å². The van der Waals surface area contributed by atoms with E-state index in [0.717, 1.165) is 6.26 Å². The van der Waals surface area contributed by atoms with E-state index < -0.39 is 22.2 Å². The molecule has 1 unspecified atom stereocenters. The molecule has 1 rings (SSSR count). The van der Waals surface area contributed by atoms with E-state index in [1.54, 1.807) is 25.1 Å². The van der Waals surface area contributed by atoms with Crippen LogP contribution in [0.4, 0.5) is 0 Å². The Morgan fingerprint density at radius 2 is 2.15 bits per heavy atom. The molecule has 0 aliphatic carbocycles. The maximum atomic E-state index is 11.9. The molecule has 0 aromatic heterocycles. The highest BCUT2D eigenvalue weighted by molar-refractivity contribution is 9.10. The summed E-state index contributed by atoms with van der Waals surface area (Å²) in [6.07, 6.45) is 1.04. The number of carbonyl (C=O) groups is 1. The topological polar surface area (TPSA) is 69.7 Å². The molecule has 110 valence electrons. The third-order valence-electron chi connectivity index (χ3n) is 2.34. The number of hydrogen-bond donors (Lipinski definition) is 0. The van der Waals surface area contributed by atoms with Gasteiger partial charge < -0.3 is 4.74 Å². The molecule has 0 spiro atoms. The van der Waals surface area contributed by atoms with Gasteiger partial charge in [0.15, 0.2) is 6.10 Å². The van der Waals surface area contributed by atoms with Crippen LogP contribution in [0, 0.1) is 0 Å². The van der Waals surface area contributed by atoms with E-state index in [-0.39, 0.29) is 6.61 Å². The fraction of sp³-hybridized carbons (Fsp3) is 0.308. The Kier molecular flexibility index (Phi) is 5.91. The third kappa shape index (κ3) is 4.43. The van der Waals surface area contributed by atoms with Crippen molar-refractivity contribution in [3.05, 3.63) is 40.4 Å². The van der Waals surface area contributed by atoms with Gasteiger partial charge in [0.25, 0.3) is 10.1 Å². The zero-order chi connectivity index (χ0) is 15.3. The molecule has 0 aliphatic heterocycles. The fourth-order valence-corrected chi connectivity index (χ4v) is 2.68. The van der Waals surface area contributed by atoms with Crippen molar-refractivity contribution in [1.29, 1.82) is 0 Å². The lowest BCUT2D eigenvalue weighted by molar-refractivity contribution is -0.151. The van der Waals surface area contributed by atoms with Crippen molar-refractivity contribution >= 4 is 38.1 Å². The van der Waals surface area contributed by atoms with Crippen LogP contribution in [0.15, 0.2) is 29.3 Å². The summed E-state index contributed by atoms with van der Waals surface area (Å²) in [4.78, 5) is 11.9. The van der Waals surface area contributed by atoms with Gasteiger partial charge in [0.05, 0.1) is 12.9 Å². The minimum absolute atomic E-state index is 0.125. The van der Waals surface area contributed by atoms with E-state index in [4.69, 9.17) is 8.92 Å². The predicted molar refractivity (Wildman–Crippen MR) is 79.5 cm³/mol. The summed E-state index contributed by atoms with van der Waals surface area (Å²) in [6, 6.07) is 5.02. The first-order valence-corrected chi connectivity index (χ1v) is 8.36. The van der Waals surface area contributed by atoms with Gasteiger partial charge in [-0.25, -0.2) is 4.79 Å². The first kappa shape index (κ1) is 16.9. The summed E-state index contributed by atoms with van der Waals surface area (Å²) < 4.78 is 33.1. The Bertz CT molecular complexity index is 609. The Balaban J connectivity index is 3.33. The molecule has 0 fully saturated rings. The SMILES string of the molecule is C=Cc1c(Br)cccc1C(OS(C)(=O)=O)C(=O)OCC. The molecule has 1 aromatic rings. The molecule has 20 heavy (non-hydrogen) atoms. The van der Waals surface area contributed by atoms with Crippen molar-refractivity contribution in [3.8, 4) is 0 Å². The molecule has 0 amide bonds. The van der Waals surface area contributed by atoms with Crippen LogP contribution in [0.3, 0.4) is 0 Å². The molecular formula is C13H15BrO5S. The van der Waals surface area contributed by atoms with Crippen LogP contribution >= 0.6 is 15.9 Å². The molecule has 0 saturated heterocycles. The monoisotopic (exact) mass is 362 g/mol. The maximum Gasteiger partial charge on any atom is 0.341 e. The summed E-state index contributed by atoms with van der Waals surface area (Å²) >= 11 is 3.31. The first-order valence-electron chi connectivity index (χ1n) is 5.76. The van der Waals surface area contributed by atoms with E-state index >= 15 is 0 Å². The summed E-state index contributed by atoms with van der Waals surface area (Å²) in [7, 11) is -3.82. The van der Waals surface area contributed by atoms with Crippen LogP contribution in [0.2, 0.25) is 0 Å². The molecule has 1 aromatic carbocycles. The lowest BCUT2D eigenvalue weighted by Crippen LogP contribution is -2.22. The lowest BCUT2D eigenvalue weighted by atomic mass is 10.0. The van der Waals surface area contributed by atoms with Crippen molar-refractivity contribution < 1.29 is 22.1 Å². The normalized spacial score (nSPS) is 12.8. The number of benzene rings is 1. The van der Waals surface area contributed by atoms with Crippen molar-refractivity contribution in [2.75, 3.05) is 12.9 Å². The quantitative estimate of drug-likeness (QED) is 0.574. The van der Waals surface area contributed by atoms with Crippen LogP contribution in [-0.2, 0) is 23.8 Å². The van der Waals surface area contributed by atoms with E-state index in [1.165, 1.54) is 6.08 Å². The highest BCUT2D eigenvalue weighted by atomic mass is 79.9. The zero-order valence-corrected chi connectivity index (χ0v) is 13.5. The van der Waals surface area contributed by atoms with Gasteiger partial charge in [0.1, 0.15) is 0 Å². The van der Waals surface area contributed by atoms with Gasteiger partial charge >= 0.3 is 5.97 Å². The fourth-order valence-electron chi connectivity index (χ4n) is 1.61. The Labute approximate surface area is 126 Å². The van der Waals surface area contributed by atoms with Crippen LogP contribution in [0.1, 0.15) is 24.2 Å². The Morgan fingerprint density at radius 3 is 2.65 bits per heavy atom. The average Bonchev–Trinajstić information content (AvgIpc) is 2.35. The highest BCUT2D eigenvalue weighted by Crippen LogP contribution is 2.30. The summed E-state index contributed by atoms with van der Waals surface area (Å²) in [5.74, 6) is -0.765. The Morgan fingerprint density at radius 1 is 1.50 bits per heavy atom. The molecular weight excluding hydrogens is 348 g/mol. The average molecular weight is 363 g/mol. The molecule has 0 heterocycles. The van der Waals surface area contributed by atoms with E-state index in [2.05, 4.69) is 22.5 Å². The van der Waals surface area contributed by atoms with Crippen LogP contribution in [-0.4, -0.2) is 27.2 Å². The largest absolute Gasteiger partial charge is 0.464 e. The molecule has 5 nitrogen and oxygen atoms in total. The second-order valence-electron chi connectivity index (χ2n) is 3.88. The number of carbonyl (C=O) groups excluding carboxylic acids is 1. The van der Waals surface area contributed by atoms with E-state index in [1.807, 2.05) is 0 Å². The van der Waals surface area contributed by atoms with Crippen molar-refractivity contribution in [1.82, 2.24) is 0 Å². The lowest BCUT2D eigenvalue weighted by Gasteiger charge is -2.18. The number of halogens is 1. The van der Waals surface area contributed by atoms with E-state index in [0.29, 0.717) is 15.6 Å². The van der Waals surface area contributed by atoms with Crippen molar-refractivity contribution in [3.63, 3.8) is 0 Å². The van der Waals surface area contributed by atoms with Gasteiger partial charge in [-0.3, -0.25) is 4.18 Å². The minimum atomic E-state index is -3.82. The molecule has 7 heteroatoms.